The first-order chi connectivity index (χ1) is 25.1. The number of benzene rings is 3. The predicted octanol–water partition coefficient (Wildman–Crippen LogP) is 5.30. The van der Waals surface area contributed by atoms with Crippen molar-refractivity contribution >= 4 is 23.2 Å². The van der Waals surface area contributed by atoms with Gasteiger partial charge >= 0.3 is 5.82 Å². The zero-order valence-electron chi connectivity index (χ0n) is 29.6. The van der Waals surface area contributed by atoms with E-state index < -0.39 is 0 Å². The first-order valence-corrected chi connectivity index (χ1v) is 17.0. The zero-order valence-corrected chi connectivity index (χ0v) is 29.6. The number of amides is 2. The van der Waals surface area contributed by atoms with Crippen LogP contribution in [-0.2, 0) is 29.2 Å². The van der Waals surface area contributed by atoms with Crippen molar-refractivity contribution in [3.05, 3.63) is 114 Å². The van der Waals surface area contributed by atoms with Gasteiger partial charge in [0.1, 0.15) is 6.54 Å². The number of hydrogen-bond donors (Lipinski definition) is 2. The van der Waals surface area contributed by atoms with Gasteiger partial charge in [-0.3, -0.25) is 14.6 Å². The summed E-state index contributed by atoms with van der Waals surface area (Å²) in [6.45, 7) is 9.03. The number of hydrogen-bond acceptors (Lipinski definition) is 8. The topological polar surface area (TPSA) is 153 Å². The molecule has 0 aliphatic heterocycles. The quantitative estimate of drug-likeness (QED) is 0.129. The van der Waals surface area contributed by atoms with Gasteiger partial charge < -0.3 is 9.80 Å². The van der Waals surface area contributed by atoms with Crippen LogP contribution in [0.5, 0.6) is 0 Å². The summed E-state index contributed by atoms with van der Waals surface area (Å²) in [6, 6.07) is 26.8. The number of carbonyl (C=O) groups is 2. The third kappa shape index (κ3) is 9.16. The maximum absolute atomic E-state index is 14.0. The summed E-state index contributed by atoms with van der Waals surface area (Å²) < 4.78 is 0. The highest BCUT2D eigenvalue weighted by atomic mass is 16.2. The molecule has 3 aromatic carbocycles. The van der Waals surface area contributed by atoms with Crippen molar-refractivity contribution < 1.29 is 14.4 Å². The molecule has 0 spiro atoms. The number of tetrazole rings is 2. The summed E-state index contributed by atoms with van der Waals surface area (Å²) in [6.07, 6.45) is 3.96. The molecule has 13 heteroatoms. The minimum Gasteiger partial charge on any atom is -0.308 e. The third-order valence-electron chi connectivity index (χ3n) is 8.02. The lowest BCUT2D eigenvalue weighted by Gasteiger charge is -2.23. The van der Waals surface area contributed by atoms with Gasteiger partial charge in [0, 0.05) is 46.7 Å². The third-order valence-corrected chi connectivity index (χ3v) is 8.02. The Labute approximate surface area is 302 Å². The van der Waals surface area contributed by atoms with Crippen LogP contribution in [-0.4, -0.2) is 52.8 Å². The predicted molar refractivity (Wildman–Crippen MR) is 196 cm³/mol. The fourth-order valence-corrected chi connectivity index (χ4v) is 5.43. The molecule has 3 heterocycles. The van der Waals surface area contributed by atoms with E-state index >= 15 is 0 Å². The van der Waals surface area contributed by atoms with Crippen LogP contribution in [0.25, 0.3) is 22.8 Å². The highest BCUT2D eigenvalue weighted by molar-refractivity contribution is 5.94. The van der Waals surface area contributed by atoms with E-state index in [4.69, 9.17) is 0 Å². The highest BCUT2D eigenvalue weighted by Gasteiger charge is 2.22. The molecule has 0 bridgehead atoms. The maximum atomic E-state index is 14.0. The van der Waals surface area contributed by atoms with Gasteiger partial charge in [0.25, 0.3) is 0 Å². The first-order valence-electron chi connectivity index (χ1n) is 17.0. The molecule has 0 atom stereocenters. The average Bonchev–Trinajstić information content (AvgIpc) is 3.88. The molecule has 0 aliphatic rings. The molecule has 2 amide bonds. The van der Waals surface area contributed by atoms with E-state index in [1.165, 1.54) is 0 Å². The summed E-state index contributed by atoms with van der Waals surface area (Å²) in [5.41, 5.74) is 5.48. The fraction of sp³-hybridized carbons (Fsp3) is 0.256. The Balaban J connectivity index is 1.21. The number of aryl methyl sites for hydroxylation is 1. The molecule has 52 heavy (non-hydrogen) atoms. The van der Waals surface area contributed by atoms with Crippen LogP contribution in [0, 0.1) is 17.3 Å². The van der Waals surface area contributed by atoms with Gasteiger partial charge in [-0.15, -0.1) is 10.2 Å². The number of pyridine rings is 1. The second kappa shape index (κ2) is 16.0. The number of carbonyl (C=O) groups excluding carboxylic acids is 2. The van der Waals surface area contributed by atoms with E-state index in [-0.39, 0.29) is 30.2 Å². The van der Waals surface area contributed by atoms with Gasteiger partial charge in [-0.1, -0.05) is 60.0 Å². The van der Waals surface area contributed by atoms with Gasteiger partial charge in [0.05, 0.1) is 30.2 Å². The Morgan fingerprint density at radius 2 is 1.50 bits per heavy atom. The lowest BCUT2D eigenvalue weighted by atomic mass is 9.97. The molecule has 0 saturated heterocycles. The standard InChI is InChI=1S/C39H39N11O2/c1-5-35(51)48(27-30-12-9-20-40-25-30)33-15-8-14-32(24-33)38-43-47-50(44-38)21-18-36(52)49(34-16-7-13-31(23-34)37-41-45-46-42-37)26-29-11-6-10-28(22-29)17-19-39(2,3)4/h6-16,20,22-25H,5,18,21,26-27H2,1-4H3,(H,41,42,45,46)/p+1. The summed E-state index contributed by atoms with van der Waals surface area (Å²) in [7, 11) is 0. The minimum atomic E-state index is -0.136. The molecule has 0 unspecified atom stereocenters. The van der Waals surface area contributed by atoms with Gasteiger partial charge in [-0.2, -0.15) is 5.21 Å². The Bertz CT molecular complexity index is 2200. The molecular formula is C39H40N11O2+. The molecular weight excluding hydrogens is 655 g/mol. The van der Waals surface area contributed by atoms with Crippen molar-refractivity contribution in [3.8, 4) is 34.6 Å². The van der Waals surface area contributed by atoms with E-state index in [9.17, 15) is 9.59 Å². The maximum Gasteiger partial charge on any atom is 0.338 e. The molecule has 0 aliphatic carbocycles. The molecule has 3 aromatic heterocycles. The molecule has 0 saturated carbocycles. The van der Waals surface area contributed by atoms with Gasteiger partial charge in [-0.25, -0.2) is 0 Å². The zero-order chi connectivity index (χ0) is 36.5. The molecule has 0 radical (unpaired) electrons. The van der Waals surface area contributed by atoms with Crippen LogP contribution >= 0.6 is 0 Å². The van der Waals surface area contributed by atoms with Crippen LogP contribution in [0.3, 0.4) is 0 Å². The van der Waals surface area contributed by atoms with E-state index in [0.29, 0.717) is 36.8 Å². The summed E-state index contributed by atoms with van der Waals surface area (Å²) in [5.74, 6) is 7.29. The Hall–Kier alpha value is -6.55. The summed E-state index contributed by atoms with van der Waals surface area (Å²) in [4.78, 5) is 36.2. The minimum absolute atomic E-state index is 0.0125. The number of H-pyrrole nitrogens is 2. The number of aromatic nitrogens is 9. The molecule has 6 aromatic rings. The Morgan fingerprint density at radius 1 is 0.808 bits per heavy atom. The van der Waals surface area contributed by atoms with Crippen molar-refractivity contribution in [1.29, 1.82) is 0 Å². The van der Waals surface area contributed by atoms with E-state index in [1.54, 1.807) is 27.0 Å². The number of aromatic amines is 2. The fourth-order valence-electron chi connectivity index (χ4n) is 5.43. The highest BCUT2D eigenvalue weighted by Crippen LogP contribution is 2.26. The molecule has 6 rings (SSSR count). The van der Waals surface area contributed by atoms with Crippen LogP contribution in [0.4, 0.5) is 11.4 Å². The van der Waals surface area contributed by atoms with E-state index in [1.807, 2.05) is 91.9 Å². The molecule has 2 N–H and O–H groups in total. The molecule has 13 nitrogen and oxygen atoms in total. The van der Waals surface area contributed by atoms with E-state index in [0.717, 1.165) is 33.5 Å². The van der Waals surface area contributed by atoms with Gasteiger partial charge in [-0.05, 0) is 96.0 Å². The van der Waals surface area contributed by atoms with Crippen molar-refractivity contribution in [2.75, 3.05) is 9.80 Å². The van der Waals surface area contributed by atoms with Crippen LogP contribution in [0.1, 0.15) is 57.2 Å². The lowest BCUT2D eigenvalue weighted by molar-refractivity contribution is -0.803. The Morgan fingerprint density at radius 3 is 2.17 bits per heavy atom. The van der Waals surface area contributed by atoms with Crippen LogP contribution in [0.15, 0.2) is 97.3 Å². The lowest BCUT2D eigenvalue weighted by Crippen LogP contribution is -2.42. The second-order valence-electron chi connectivity index (χ2n) is 13.2. The Kier molecular flexibility index (Phi) is 10.8. The SMILES string of the molecule is CCC(=O)N(Cc1cccnc1)c1cccc(-c2n[nH][n+](CCC(=O)N(Cc3cccc(C#CC(C)(C)C)c3)c3cccc(-c4nn[nH]n4)c3)n2)c1. The van der Waals surface area contributed by atoms with Crippen molar-refractivity contribution in [1.82, 2.24) is 41.0 Å². The van der Waals surface area contributed by atoms with Crippen LogP contribution in [0.2, 0.25) is 0 Å². The second-order valence-corrected chi connectivity index (χ2v) is 13.2. The summed E-state index contributed by atoms with van der Waals surface area (Å²) >= 11 is 0. The largest absolute Gasteiger partial charge is 0.338 e. The monoisotopic (exact) mass is 694 g/mol. The van der Waals surface area contributed by atoms with Gasteiger partial charge in [0.2, 0.25) is 17.6 Å². The first kappa shape index (κ1) is 35.3. The van der Waals surface area contributed by atoms with E-state index in [2.05, 4.69) is 73.6 Å². The van der Waals surface area contributed by atoms with Crippen molar-refractivity contribution in [2.24, 2.45) is 5.41 Å². The molecule has 0 fully saturated rings. The van der Waals surface area contributed by atoms with Crippen LogP contribution < -0.4 is 14.6 Å². The summed E-state index contributed by atoms with van der Waals surface area (Å²) in [5, 5.41) is 26.4. The number of nitrogens with one attached hydrogen (secondary N) is 2. The van der Waals surface area contributed by atoms with Crippen molar-refractivity contribution in [2.45, 2.75) is 60.2 Å². The number of rotatable bonds is 12. The smallest absolute Gasteiger partial charge is 0.308 e. The normalized spacial score (nSPS) is 11.1. The molecule has 262 valence electrons. The van der Waals surface area contributed by atoms with Gasteiger partial charge in [0.15, 0.2) is 0 Å². The number of nitrogens with zero attached hydrogens (tertiary/aromatic N) is 9. The number of anilines is 2. The average molecular weight is 695 g/mol. The van der Waals surface area contributed by atoms with Crippen molar-refractivity contribution in [3.63, 3.8) is 0 Å².